The molecular formula is C21H24N4O. The summed E-state index contributed by atoms with van der Waals surface area (Å²) >= 11 is 0. The van der Waals surface area contributed by atoms with Gasteiger partial charge in [0.05, 0.1) is 11.3 Å². The third-order valence-electron chi connectivity index (χ3n) is 5.18. The van der Waals surface area contributed by atoms with Crippen molar-refractivity contribution in [2.75, 3.05) is 13.1 Å². The molecular weight excluding hydrogens is 324 g/mol. The number of likely N-dealkylation sites (tertiary alicyclic amines) is 1. The molecule has 5 heteroatoms. The van der Waals surface area contributed by atoms with Crippen molar-refractivity contribution < 1.29 is 4.79 Å². The van der Waals surface area contributed by atoms with Crippen molar-refractivity contribution in [2.24, 2.45) is 5.92 Å². The molecule has 5 nitrogen and oxygen atoms in total. The molecule has 4 rings (SSSR count). The van der Waals surface area contributed by atoms with E-state index >= 15 is 0 Å². The van der Waals surface area contributed by atoms with E-state index in [9.17, 15) is 4.79 Å². The first-order valence-electron chi connectivity index (χ1n) is 9.19. The Morgan fingerprint density at radius 1 is 1.27 bits per heavy atom. The Morgan fingerprint density at radius 3 is 2.92 bits per heavy atom. The Hall–Kier alpha value is -2.66. The molecule has 1 aliphatic rings. The van der Waals surface area contributed by atoms with Crippen molar-refractivity contribution in [1.82, 2.24) is 19.6 Å². The number of pyridine rings is 2. The van der Waals surface area contributed by atoms with Crippen molar-refractivity contribution in [1.29, 1.82) is 0 Å². The monoisotopic (exact) mass is 348 g/mol. The van der Waals surface area contributed by atoms with Crippen LogP contribution >= 0.6 is 0 Å². The summed E-state index contributed by atoms with van der Waals surface area (Å²) in [5.41, 5.74) is 2.86. The number of piperidine rings is 1. The summed E-state index contributed by atoms with van der Waals surface area (Å²) in [6, 6.07) is 14.2. The topological polar surface area (TPSA) is 49.6 Å². The second kappa shape index (κ2) is 7.30. The van der Waals surface area contributed by atoms with Gasteiger partial charge >= 0.3 is 0 Å². The zero-order valence-corrected chi connectivity index (χ0v) is 15.0. The van der Waals surface area contributed by atoms with Crippen molar-refractivity contribution >= 4 is 11.4 Å². The standard InChI is InChI=1S/C21H24N4O/c1-16-13-24(15-18-6-2-4-9-22-18)11-8-20(16)23-21(26)17-12-19-7-3-5-10-25(19)14-17/h2-7,9-10,12,14,16,20H,8,11,13,15H2,1H3,(H,23,26)/t16-,20+/m0/s1. The third kappa shape index (κ3) is 3.63. The van der Waals surface area contributed by atoms with E-state index in [4.69, 9.17) is 0 Å². The largest absolute Gasteiger partial charge is 0.349 e. The van der Waals surface area contributed by atoms with Crippen LogP contribution in [0.5, 0.6) is 0 Å². The smallest absolute Gasteiger partial charge is 0.253 e. The fourth-order valence-electron chi connectivity index (χ4n) is 3.74. The van der Waals surface area contributed by atoms with E-state index in [2.05, 4.69) is 28.2 Å². The average molecular weight is 348 g/mol. The van der Waals surface area contributed by atoms with Gasteiger partial charge in [0.2, 0.25) is 0 Å². The number of fused-ring (bicyclic) bond motifs is 1. The molecule has 0 aliphatic carbocycles. The summed E-state index contributed by atoms with van der Waals surface area (Å²) in [4.78, 5) is 19.5. The second-order valence-electron chi connectivity index (χ2n) is 7.16. The summed E-state index contributed by atoms with van der Waals surface area (Å²) in [7, 11) is 0. The molecule has 0 unspecified atom stereocenters. The number of nitrogens with one attached hydrogen (secondary N) is 1. The third-order valence-corrected chi connectivity index (χ3v) is 5.18. The summed E-state index contributed by atoms with van der Waals surface area (Å²) in [6.45, 7) is 5.03. The number of amides is 1. The maximum atomic E-state index is 12.7. The highest BCUT2D eigenvalue weighted by Crippen LogP contribution is 2.19. The van der Waals surface area contributed by atoms with Gasteiger partial charge in [0, 0.05) is 49.8 Å². The number of hydrogen-bond donors (Lipinski definition) is 1. The number of carbonyl (C=O) groups excluding carboxylic acids is 1. The van der Waals surface area contributed by atoms with Crippen molar-refractivity contribution in [3.63, 3.8) is 0 Å². The van der Waals surface area contributed by atoms with E-state index in [-0.39, 0.29) is 11.9 Å². The molecule has 0 aromatic carbocycles. The Morgan fingerprint density at radius 2 is 2.15 bits per heavy atom. The van der Waals surface area contributed by atoms with E-state index < -0.39 is 0 Å². The van der Waals surface area contributed by atoms with Gasteiger partial charge in [0.25, 0.3) is 5.91 Å². The summed E-state index contributed by atoms with van der Waals surface area (Å²) in [5, 5.41) is 3.24. The van der Waals surface area contributed by atoms with Crippen LogP contribution < -0.4 is 5.32 Å². The fourth-order valence-corrected chi connectivity index (χ4v) is 3.74. The first-order valence-corrected chi connectivity index (χ1v) is 9.19. The molecule has 1 aliphatic heterocycles. The molecule has 3 aromatic rings. The summed E-state index contributed by atoms with van der Waals surface area (Å²) in [6.07, 6.45) is 6.66. The van der Waals surface area contributed by atoms with Crippen LogP contribution in [0.1, 0.15) is 29.4 Å². The highest BCUT2D eigenvalue weighted by molar-refractivity contribution is 5.95. The van der Waals surface area contributed by atoms with Crippen molar-refractivity contribution in [2.45, 2.75) is 25.9 Å². The molecule has 1 saturated heterocycles. The molecule has 1 fully saturated rings. The molecule has 4 heterocycles. The molecule has 26 heavy (non-hydrogen) atoms. The van der Waals surface area contributed by atoms with Crippen LogP contribution in [0.2, 0.25) is 0 Å². The minimum Gasteiger partial charge on any atom is -0.349 e. The van der Waals surface area contributed by atoms with Crippen LogP contribution in [0.3, 0.4) is 0 Å². The normalized spacial score (nSPS) is 21.0. The Balaban J connectivity index is 1.36. The van der Waals surface area contributed by atoms with E-state index in [0.29, 0.717) is 5.92 Å². The molecule has 0 radical (unpaired) electrons. The number of nitrogens with zero attached hydrogens (tertiary/aromatic N) is 3. The van der Waals surface area contributed by atoms with Gasteiger partial charge in [-0.2, -0.15) is 0 Å². The van der Waals surface area contributed by atoms with Gasteiger partial charge in [0.1, 0.15) is 0 Å². The maximum Gasteiger partial charge on any atom is 0.253 e. The number of aromatic nitrogens is 2. The van der Waals surface area contributed by atoms with Crippen molar-refractivity contribution in [3.8, 4) is 0 Å². The Kier molecular flexibility index (Phi) is 4.71. The lowest BCUT2D eigenvalue weighted by molar-refractivity contribution is 0.0859. The first kappa shape index (κ1) is 16.8. The van der Waals surface area contributed by atoms with E-state index in [1.54, 1.807) is 0 Å². The predicted octanol–water partition coefficient (Wildman–Crippen LogP) is 2.97. The van der Waals surface area contributed by atoms with Crippen molar-refractivity contribution in [3.05, 3.63) is 72.3 Å². The van der Waals surface area contributed by atoms with Gasteiger partial charge in [-0.3, -0.25) is 14.7 Å². The van der Waals surface area contributed by atoms with Crippen LogP contribution in [0, 0.1) is 5.92 Å². The van der Waals surface area contributed by atoms with Crippen LogP contribution in [-0.2, 0) is 6.54 Å². The minimum atomic E-state index is 0.0173. The molecule has 1 N–H and O–H groups in total. The number of carbonyl (C=O) groups is 1. The molecule has 0 bridgehead atoms. The van der Waals surface area contributed by atoms with Crippen LogP contribution in [-0.4, -0.2) is 39.3 Å². The summed E-state index contributed by atoms with van der Waals surface area (Å²) in [5.74, 6) is 0.428. The quantitative estimate of drug-likeness (QED) is 0.789. The predicted molar refractivity (Wildman–Crippen MR) is 102 cm³/mol. The van der Waals surface area contributed by atoms with Gasteiger partial charge in [-0.15, -0.1) is 0 Å². The lowest BCUT2D eigenvalue weighted by Gasteiger charge is -2.37. The van der Waals surface area contributed by atoms with Crippen LogP contribution in [0.15, 0.2) is 61.1 Å². The van der Waals surface area contributed by atoms with Gasteiger partial charge in [0.15, 0.2) is 0 Å². The molecule has 1 amide bonds. The zero-order chi connectivity index (χ0) is 17.9. The first-order chi connectivity index (χ1) is 12.7. The van der Waals surface area contributed by atoms with Gasteiger partial charge < -0.3 is 9.72 Å². The molecule has 2 atom stereocenters. The number of hydrogen-bond acceptors (Lipinski definition) is 3. The summed E-state index contributed by atoms with van der Waals surface area (Å²) < 4.78 is 1.98. The Bertz CT molecular complexity index is 856. The fraction of sp³-hybridized carbons (Fsp3) is 0.333. The molecule has 3 aromatic heterocycles. The SMILES string of the molecule is C[C@H]1CN(Cc2ccccn2)CC[C@H]1NC(=O)c1cc2ccccn2c1. The lowest BCUT2D eigenvalue weighted by Crippen LogP contribution is -2.49. The highest BCUT2D eigenvalue weighted by Gasteiger charge is 2.27. The van der Waals surface area contributed by atoms with E-state index in [0.717, 1.165) is 42.8 Å². The van der Waals surface area contributed by atoms with E-state index in [1.165, 1.54) is 0 Å². The lowest BCUT2D eigenvalue weighted by atomic mass is 9.93. The highest BCUT2D eigenvalue weighted by atomic mass is 16.1. The van der Waals surface area contributed by atoms with Gasteiger partial charge in [-0.05, 0) is 42.7 Å². The molecule has 0 spiro atoms. The maximum absolute atomic E-state index is 12.7. The van der Waals surface area contributed by atoms with E-state index in [1.807, 2.05) is 59.4 Å². The average Bonchev–Trinajstić information content (AvgIpc) is 3.09. The van der Waals surface area contributed by atoms with Gasteiger partial charge in [-0.25, -0.2) is 0 Å². The van der Waals surface area contributed by atoms with Gasteiger partial charge in [-0.1, -0.05) is 19.1 Å². The minimum absolute atomic E-state index is 0.0173. The second-order valence-corrected chi connectivity index (χ2v) is 7.16. The number of rotatable bonds is 4. The van der Waals surface area contributed by atoms with Crippen LogP contribution in [0.25, 0.3) is 5.52 Å². The molecule has 0 saturated carbocycles. The van der Waals surface area contributed by atoms with Crippen LogP contribution in [0.4, 0.5) is 0 Å². The zero-order valence-electron chi connectivity index (χ0n) is 15.0. The molecule has 134 valence electrons. The Labute approximate surface area is 153 Å².